The van der Waals surface area contributed by atoms with Crippen molar-refractivity contribution in [2.45, 2.75) is 144 Å². The normalized spacial score (nSPS) is 16.4. The molecule has 0 aliphatic rings. The van der Waals surface area contributed by atoms with Crippen molar-refractivity contribution in [3.8, 4) is 0 Å². The van der Waals surface area contributed by atoms with Crippen LogP contribution in [0.3, 0.4) is 0 Å². The van der Waals surface area contributed by atoms with Crippen LogP contribution in [0.2, 0.25) is 0 Å². The highest BCUT2D eigenvalue weighted by Crippen LogP contribution is 2.35. The van der Waals surface area contributed by atoms with E-state index in [2.05, 4.69) is 0 Å². The maximum absolute atomic E-state index is 14.2. The lowest BCUT2D eigenvalue weighted by Gasteiger charge is -2.26. The third-order valence-electron chi connectivity index (χ3n) is 9.08. The molecular weight excluding hydrogens is 666 g/mol. The van der Waals surface area contributed by atoms with Gasteiger partial charge in [-0.2, -0.15) is 0 Å². The first-order valence-corrected chi connectivity index (χ1v) is 18.8. The van der Waals surface area contributed by atoms with Crippen LogP contribution in [0.15, 0.2) is 96.0 Å². The van der Waals surface area contributed by atoms with Crippen molar-refractivity contribution < 1.29 is 15.3 Å². The third kappa shape index (κ3) is 13.4. The minimum atomic E-state index is -0.769. The van der Waals surface area contributed by atoms with Crippen molar-refractivity contribution in [2.75, 3.05) is 0 Å². The molecule has 0 aliphatic carbocycles. The summed E-state index contributed by atoms with van der Waals surface area (Å²) >= 11 is 0. The molecule has 1 atom stereocenters. The summed E-state index contributed by atoms with van der Waals surface area (Å²) in [6.07, 6.45) is 10.6. The highest BCUT2D eigenvalue weighted by Gasteiger charge is 2.26. The average molecular weight is 738 g/mol. The van der Waals surface area contributed by atoms with E-state index >= 15 is 0 Å². The van der Waals surface area contributed by atoms with Crippen molar-refractivity contribution in [3.63, 3.8) is 0 Å². The molecule has 1 rings (SSSR count). The van der Waals surface area contributed by atoms with Gasteiger partial charge in [-0.05, 0) is 88.2 Å². The molecule has 9 nitrogen and oxygen atoms in total. The van der Waals surface area contributed by atoms with Crippen LogP contribution in [0.25, 0.3) is 0 Å². The lowest BCUT2D eigenvalue weighted by atomic mass is 9.81. The molecule has 1 aromatic heterocycles. The number of hydrogen-bond acceptors (Lipinski definition) is 6. The highest BCUT2D eigenvalue weighted by atomic mass is 16.3. The molecule has 0 saturated carbocycles. The lowest BCUT2D eigenvalue weighted by molar-refractivity contribution is 0.362. The fraction of sp³-hybridized carbons (Fsp3) is 0.614. The number of aromatic nitrogens is 3. The Morgan fingerprint density at radius 1 is 0.717 bits per heavy atom. The first-order chi connectivity index (χ1) is 23.8. The van der Waals surface area contributed by atoms with Gasteiger partial charge in [0.25, 0.3) is 0 Å². The van der Waals surface area contributed by atoms with Crippen LogP contribution in [0.5, 0.6) is 0 Å². The molecule has 3 N–H and O–H groups in total. The first kappa shape index (κ1) is 47.0. The molecule has 0 aromatic carbocycles. The van der Waals surface area contributed by atoms with Gasteiger partial charge in [0, 0.05) is 6.54 Å². The summed E-state index contributed by atoms with van der Waals surface area (Å²) in [7, 11) is 0. The van der Waals surface area contributed by atoms with Crippen LogP contribution in [-0.2, 0) is 19.6 Å². The molecule has 298 valence electrons. The molecule has 1 unspecified atom stereocenters. The van der Waals surface area contributed by atoms with E-state index in [-0.39, 0.29) is 54.2 Å². The second kappa shape index (κ2) is 17.9. The fourth-order valence-electron chi connectivity index (χ4n) is 5.87. The number of rotatable bonds is 12. The minimum Gasteiger partial charge on any atom is -0.512 e. The van der Waals surface area contributed by atoms with Crippen molar-refractivity contribution in [1.29, 1.82) is 0 Å². The van der Waals surface area contributed by atoms with Crippen LogP contribution < -0.4 is 17.1 Å². The Labute approximate surface area is 319 Å². The maximum Gasteiger partial charge on any atom is 0.336 e. The zero-order valence-corrected chi connectivity index (χ0v) is 36.1. The summed E-state index contributed by atoms with van der Waals surface area (Å²) in [6, 6.07) is 0. The average Bonchev–Trinajstić information content (AvgIpc) is 2.97. The molecule has 1 heterocycles. The third-order valence-corrected chi connectivity index (χ3v) is 9.08. The van der Waals surface area contributed by atoms with Gasteiger partial charge in [0.15, 0.2) is 0 Å². The van der Waals surface area contributed by atoms with Gasteiger partial charge in [0.1, 0.15) is 11.5 Å². The fourth-order valence-corrected chi connectivity index (χ4v) is 5.87. The Morgan fingerprint density at radius 2 is 1.21 bits per heavy atom. The molecule has 0 radical (unpaired) electrons. The predicted molar refractivity (Wildman–Crippen MR) is 221 cm³/mol. The van der Waals surface area contributed by atoms with Crippen molar-refractivity contribution in [1.82, 2.24) is 13.7 Å². The van der Waals surface area contributed by atoms with Crippen molar-refractivity contribution >= 4 is 0 Å². The zero-order chi connectivity index (χ0) is 41.6. The van der Waals surface area contributed by atoms with Gasteiger partial charge in [-0.25, -0.2) is 28.1 Å². The van der Waals surface area contributed by atoms with Crippen LogP contribution >= 0.6 is 0 Å². The quantitative estimate of drug-likeness (QED) is 0.145. The predicted octanol–water partition coefficient (Wildman–Crippen LogP) is 10.1. The van der Waals surface area contributed by atoms with E-state index < -0.39 is 33.3 Å². The molecule has 1 aromatic rings. The summed E-state index contributed by atoms with van der Waals surface area (Å²) < 4.78 is 3.18. The summed E-state index contributed by atoms with van der Waals surface area (Å²) in [5.41, 5.74) is -0.436. The first-order valence-electron chi connectivity index (χ1n) is 18.8. The molecule has 53 heavy (non-hydrogen) atoms. The molecule has 0 amide bonds. The van der Waals surface area contributed by atoms with E-state index in [1.54, 1.807) is 44.2 Å². The van der Waals surface area contributed by atoms with Crippen LogP contribution in [0, 0.1) is 33.5 Å². The van der Waals surface area contributed by atoms with Crippen LogP contribution in [0.4, 0.5) is 0 Å². The van der Waals surface area contributed by atoms with Crippen molar-refractivity contribution in [3.05, 3.63) is 113 Å². The second-order valence-electron chi connectivity index (χ2n) is 18.9. The van der Waals surface area contributed by atoms with Crippen molar-refractivity contribution in [2.24, 2.45) is 33.5 Å². The highest BCUT2D eigenvalue weighted by molar-refractivity contribution is 5.38. The molecule has 0 spiro atoms. The molecular formula is C44H71N3O6. The van der Waals surface area contributed by atoms with E-state index in [0.29, 0.717) is 22.3 Å². The number of nitrogens with zero attached hydrogens (tertiary/aromatic N) is 3. The van der Waals surface area contributed by atoms with Gasteiger partial charge in [-0.3, -0.25) is 0 Å². The maximum atomic E-state index is 14.2. The Hall–Kier alpha value is -4.01. The van der Waals surface area contributed by atoms with Crippen LogP contribution in [-0.4, -0.2) is 29.0 Å². The molecule has 0 aliphatic heterocycles. The largest absolute Gasteiger partial charge is 0.512 e. The summed E-state index contributed by atoms with van der Waals surface area (Å²) in [4.78, 5) is 42.4. The number of allylic oxidation sites excluding steroid dienone is 12. The topological polar surface area (TPSA) is 127 Å². The van der Waals surface area contributed by atoms with E-state index in [9.17, 15) is 29.7 Å². The Kier molecular flexibility index (Phi) is 15.9. The number of aliphatic hydroxyl groups excluding tert-OH is 3. The molecule has 0 bridgehead atoms. The molecule has 0 saturated heterocycles. The Balaban J connectivity index is 4.18. The monoisotopic (exact) mass is 738 g/mol. The summed E-state index contributed by atoms with van der Waals surface area (Å²) in [6.45, 7) is 34.7. The smallest absolute Gasteiger partial charge is 0.336 e. The van der Waals surface area contributed by atoms with Gasteiger partial charge in [-0.1, -0.05) is 134 Å². The van der Waals surface area contributed by atoms with E-state index in [4.69, 9.17) is 0 Å². The summed E-state index contributed by atoms with van der Waals surface area (Å²) in [5, 5.41) is 32.9. The lowest BCUT2D eigenvalue weighted by Crippen LogP contribution is -2.55. The van der Waals surface area contributed by atoms with Gasteiger partial charge in [0.2, 0.25) is 0 Å². The Bertz CT molecular complexity index is 1870. The van der Waals surface area contributed by atoms with Gasteiger partial charge >= 0.3 is 17.1 Å². The number of hydrogen-bond donors (Lipinski definition) is 3. The van der Waals surface area contributed by atoms with Crippen LogP contribution in [0.1, 0.15) is 125 Å². The molecule has 0 fully saturated rings. The van der Waals surface area contributed by atoms with E-state index in [1.165, 1.54) is 0 Å². The van der Waals surface area contributed by atoms with E-state index in [0.717, 1.165) is 19.3 Å². The summed E-state index contributed by atoms with van der Waals surface area (Å²) in [5.74, 6) is 0.180. The SMILES string of the molecule is C\C=C(/C=C(\C(O)=C\C(C)(C)C)C(C)(C)C)Cn1c(=O)n(C/C=C/C(=C(\C)O)C(C)(C)C)c(=O)n(CC(C)/C=C(\C(O)=C(/C)C(C)C)C(C)(C)C)c1=O. The second-order valence-corrected chi connectivity index (χ2v) is 18.9. The zero-order valence-electron chi connectivity index (χ0n) is 36.1. The van der Waals surface area contributed by atoms with E-state index in [1.807, 2.05) is 117 Å². The molecule has 9 heteroatoms. The minimum absolute atomic E-state index is 0.0402. The van der Waals surface area contributed by atoms with Gasteiger partial charge in [0.05, 0.1) is 18.8 Å². The Morgan fingerprint density at radius 3 is 1.62 bits per heavy atom. The number of aliphatic hydroxyl groups is 3. The standard InChI is InChI=1S/C44H71N3O6/c1-19-32(24-34(43(13,14)15)36(49)25-41(7,8)9)27-47-39(52)45(22-20-21-33(31(6)48)42(10,11)12)38(51)46(40(47)53)26-29(4)23-35(44(16,17)18)37(50)30(5)28(2)3/h19-21,23-25,28-29,48-50H,22,26-27H2,1-18H3/b21-20+,32-19+,33-31-,34-24+,35-23+,36-25-,37-30-. The van der Waals surface area contributed by atoms with Gasteiger partial charge in [-0.15, -0.1) is 0 Å². The van der Waals surface area contributed by atoms with Gasteiger partial charge < -0.3 is 15.3 Å².